The number of aryl methyl sites for hydroxylation is 1. The molecule has 1 fully saturated rings. The largest absolute Gasteiger partial charge is 0.491 e. The average Bonchev–Trinajstić information content (AvgIpc) is 3.20. The third kappa shape index (κ3) is 3.28. The summed E-state index contributed by atoms with van der Waals surface area (Å²) in [6.45, 7) is 6.73. The molecular weight excluding hydrogens is 238 g/mol. The Kier molecular flexibility index (Phi) is 4.16. The molecule has 1 atom stereocenters. The SMILES string of the molecule is Cc1ccc(C(C)C)c(OCC(N)(CO)C2CC2)c1. The number of ether oxygens (including phenoxy) is 1. The van der Waals surface area contributed by atoms with E-state index in [2.05, 4.69) is 39.0 Å². The van der Waals surface area contributed by atoms with Gasteiger partial charge < -0.3 is 15.6 Å². The maximum Gasteiger partial charge on any atom is 0.123 e. The highest BCUT2D eigenvalue weighted by molar-refractivity contribution is 5.39. The lowest BCUT2D eigenvalue weighted by atomic mass is 9.96. The van der Waals surface area contributed by atoms with E-state index >= 15 is 0 Å². The number of aliphatic hydroxyl groups excluding tert-OH is 1. The van der Waals surface area contributed by atoms with Gasteiger partial charge >= 0.3 is 0 Å². The van der Waals surface area contributed by atoms with E-state index in [-0.39, 0.29) is 6.61 Å². The second kappa shape index (κ2) is 5.51. The fourth-order valence-corrected chi connectivity index (χ4v) is 2.41. The van der Waals surface area contributed by atoms with Crippen LogP contribution in [0.15, 0.2) is 18.2 Å². The van der Waals surface area contributed by atoms with Crippen molar-refractivity contribution in [2.75, 3.05) is 13.2 Å². The lowest BCUT2D eigenvalue weighted by molar-refractivity contribution is 0.116. The van der Waals surface area contributed by atoms with Crippen molar-refractivity contribution in [2.24, 2.45) is 11.7 Å². The summed E-state index contributed by atoms with van der Waals surface area (Å²) in [5.74, 6) is 1.72. The summed E-state index contributed by atoms with van der Waals surface area (Å²) in [6, 6.07) is 6.27. The van der Waals surface area contributed by atoms with Crippen LogP contribution < -0.4 is 10.5 Å². The molecule has 0 bridgehead atoms. The zero-order valence-electron chi connectivity index (χ0n) is 12.1. The first kappa shape index (κ1) is 14.4. The molecule has 1 aliphatic carbocycles. The maximum absolute atomic E-state index is 9.50. The first-order valence-electron chi connectivity index (χ1n) is 7.09. The van der Waals surface area contributed by atoms with Crippen molar-refractivity contribution in [2.45, 2.75) is 45.1 Å². The molecule has 0 aliphatic heterocycles. The van der Waals surface area contributed by atoms with E-state index < -0.39 is 5.54 Å². The van der Waals surface area contributed by atoms with Gasteiger partial charge in [0, 0.05) is 0 Å². The van der Waals surface area contributed by atoms with Crippen LogP contribution >= 0.6 is 0 Å². The van der Waals surface area contributed by atoms with Crippen molar-refractivity contribution in [1.29, 1.82) is 0 Å². The third-order valence-electron chi connectivity index (χ3n) is 3.97. The predicted molar refractivity (Wildman–Crippen MR) is 77.5 cm³/mol. The fraction of sp³-hybridized carbons (Fsp3) is 0.625. The van der Waals surface area contributed by atoms with Gasteiger partial charge in [0.15, 0.2) is 0 Å². The molecule has 0 saturated heterocycles. The van der Waals surface area contributed by atoms with Gasteiger partial charge in [0.25, 0.3) is 0 Å². The summed E-state index contributed by atoms with van der Waals surface area (Å²) in [4.78, 5) is 0. The van der Waals surface area contributed by atoms with E-state index in [9.17, 15) is 5.11 Å². The number of hydrogen-bond donors (Lipinski definition) is 2. The molecule has 0 amide bonds. The van der Waals surface area contributed by atoms with Crippen LogP contribution in [0, 0.1) is 12.8 Å². The Labute approximate surface area is 115 Å². The van der Waals surface area contributed by atoms with E-state index in [4.69, 9.17) is 10.5 Å². The molecule has 0 heterocycles. The van der Waals surface area contributed by atoms with Gasteiger partial charge in [-0.3, -0.25) is 0 Å². The molecule has 0 spiro atoms. The molecule has 1 aliphatic rings. The maximum atomic E-state index is 9.50. The molecule has 1 unspecified atom stereocenters. The van der Waals surface area contributed by atoms with Gasteiger partial charge in [0.1, 0.15) is 12.4 Å². The average molecular weight is 263 g/mol. The third-order valence-corrected chi connectivity index (χ3v) is 3.97. The highest BCUT2D eigenvalue weighted by atomic mass is 16.5. The lowest BCUT2D eigenvalue weighted by Gasteiger charge is -2.28. The number of aliphatic hydroxyl groups is 1. The summed E-state index contributed by atoms with van der Waals surface area (Å²) in [5.41, 5.74) is 8.03. The van der Waals surface area contributed by atoms with E-state index in [0.29, 0.717) is 18.4 Å². The second-order valence-electron chi connectivity index (χ2n) is 6.15. The van der Waals surface area contributed by atoms with Crippen LogP contribution in [0.2, 0.25) is 0 Å². The Morgan fingerprint density at radius 2 is 2.11 bits per heavy atom. The Morgan fingerprint density at radius 1 is 1.42 bits per heavy atom. The molecule has 1 aromatic carbocycles. The Balaban J connectivity index is 2.12. The van der Waals surface area contributed by atoms with E-state index in [0.717, 1.165) is 18.6 Å². The van der Waals surface area contributed by atoms with Crippen molar-refractivity contribution in [1.82, 2.24) is 0 Å². The minimum absolute atomic E-state index is 0.0134. The van der Waals surface area contributed by atoms with Crippen LogP contribution in [0.3, 0.4) is 0 Å². The molecule has 3 nitrogen and oxygen atoms in total. The predicted octanol–water partition coefficient (Wildman–Crippen LogP) is 2.60. The van der Waals surface area contributed by atoms with Gasteiger partial charge in [-0.15, -0.1) is 0 Å². The zero-order valence-corrected chi connectivity index (χ0v) is 12.1. The van der Waals surface area contributed by atoms with Crippen molar-refractivity contribution in [3.05, 3.63) is 29.3 Å². The molecule has 2 rings (SSSR count). The Bertz CT molecular complexity index is 440. The number of nitrogens with two attached hydrogens (primary N) is 1. The highest BCUT2D eigenvalue weighted by Gasteiger charge is 2.42. The smallest absolute Gasteiger partial charge is 0.123 e. The van der Waals surface area contributed by atoms with E-state index in [1.807, 2.05) is 0 Å². The molecule has 106 valence electrons. The van der Waals surface area contributed by atoms with Crippen molar-refractivity contribution < 1.29 is 9.84 Å². The summed E-state index contributed by atoms with van der Waals surface area (Å²) in [7, 11) is 0. The van der Waals surface area contributed by atoms with Gasteiger partial charge in [-0.2, -0.15) is 0 Å². The summed E-state index contributed by atoms with van der Waals surface area (Å²) < 4.78 is 5.95. The molecule has 0 radical (unpaired) electrons. The molecular formula is C16H25NO2. The fourth-order valence-electron chi connectivity index (χ4n) is 2.41. The molecule has 3 N–H and O–H groups in total. The molecule has 3 heteroatoms. The topological polar surface area (TPSA) is 55.5 Å². The number of rotatable bonds is 6. The van der Waals surface area contributed by atoms with Gasteiger partial charge in [0.2, 0.25) is 0 Å². The number of hydrogen-bond acceptors (Lipinski definition) is 3. The van der Waals surface area contributed by atoms with Gasteiger partial charge in [-0.05, 0) is 48.8 Å². The number of benzene rings is 1. The van der Waals surface area contributed by atoms with Gasteiger partial charge in [0.05, 0.1) is 12.1 Å². The summed E-state index contributed by atoms with van der Waals surface area (Å²) in [5, 5.41) is 9.50. The summed E-state index contributed by atoms with van der Waals surface area (Å²) >= 11 is 0. The van der Waals surface area contributed by atoms with Gasteiger partial charge in [-0.25, -0.2) is 0 Å². The van der Waals surface area contributed by atoms with Crippen LogP contribution in [0.25, 0.3) is 0 Å². The van der Waals surface area contributed by atoms with Crippen molar-refractivity contribution >= 4 is 0 Å². The van der Waals surface area contributed by atoms with Crippen LogP contribution in [0.1, 0.15) is 43.7 Å². The second-order valence-corrected chi connectivity index (χ2v) is 6.15. The quantitative estimate of drug-likeness (QED) is 0.829. The monoisotopic (exact) mass is 263 g/mol. The molecule has 1 aromatic rings. The lowest BCUT2D eigenvalue weighted by Crippen LogP contribution is -2.51. The molecule has 0 aromatic heterocycles. The molecule has 19 heavy (non-hydrogen) atoms. The van der Waals surface area contributed by atoms with Crippen LogP contribution in [0.4, 0.5) is 0 Å². The minimum atomic E-state index is -0.585. The van der Waals surface area contributed by atoms with Crippen molar-refractivity contribution in [3.8, 4) is 5.75 Å². The van der Waals surface area contributed by atoms with E-state index in [1.54, 1.807) is 0 Å². The van der Waals surface area contributed by atoms with Crippen LogP contribution in [-0.4, -0.2) is 23.9 Å². The van der Waals surface area contributed by atoms with Gasteiger partial charge in [-0.1, -0.05) is 26.0 Å². The normalized spacial score (nSPS) is 18.4. The Morgan fingerprint density at radius 3 is 2.63 bits per heavy atom. The summed E-state index contributed by atoms with van der Waals surface area (Å²) in [6.07, 6.45) is 2.20. The van der Waals surface area contributed by atoms with Crippen molar-refractivity contribution in [3.63, 3.8) is 0 Å². The Hall–Kier alpha value is -1.06. The van der Waals surface area contributed by atoms with E-state index in [1.165, 1.54) is 11.1 Å². The van der Waals surface area contributed by atoms with Crippen LogP contribution in [-0.2, 0) is 0 Å². The molecule has 1 saturated carbocycles. The first-order chi connectivity index (χ1) is 8.96. The first-order valence-corrected chi connectivity index (χ1v) is 7.09. The minimum Gasteiger partial charge on any atom is -0.491 e. The standard InChI is InChI=1S/C16H25NO2/c1-11(2)14-7-4-12(3)8-15(14)19-10-16(17,9-18)13-5-6-13/h4,7-8,11,13,18H,5-6,9-10,17H2,1-3H3. The zero-order chi connectivity index (χ0) is 14.0. The van der Waals surface area contributed by atoms with Crippen LogP contribution in [0.5, 0.6) is 5.75 Å². The highest BCUT2D eigenvalue weighted by Crippen LogP contribution is 2.38.